The average Bonchev–Trinajstić information content (AvgIpc) is 2.04. The molecule has 0 aliphatic heterocycles. The van der Waals surface area contributed by atoms with Crippen molar-refractivity contribution >= 4 is 8.25 Å². The summed E-state index contributed by atoms with van der Waals surface area (Å²) in [5, 5.41) is 1.74. The van der Waals surface area contributed by atoms with E-state index in [0.29, 0.717) is 6.61 Å². The van der Waals surface area contributed by atoms with Crippen molar-refractivity contribution in [2.75, 3.05) is 26.3 Å². The van der Waals surface area contributed by atoms with E-state index in [-0.39, 0.29) is 6.61 Å². The van der Waals surface area contributed by atoms with Gasteiger partial charge in [-0.3, -0.25) is 4.84 Å². The first-order valence-corrected chi connectivity index (χ1v) is 5.00. The fourth-order valence-electron chi connectivity index (χ4n) is 0.688. The number of hydrogen-bond donors (Lipinski definition) is 1. The van der Waals surface area contributed by atoms with Crippen LogP contribution in [0.3, 0.4) is 0 Å². The molecule has 0 amide bonds. The van der Waals surface area contributed by atoms with E-state index in [1.165, 1.54) is 0 Å². The van der Waals surface area contributed by atoms with Gasteiger partial charge in [0.05, 0.1) is 6.61 Å². The second-order valence-corrected chi connectivity index (χ2v) is 2.75. The SMILES string of the molecule is CCN(CC)OCCO[P+](=O)O. The summed E-state index contributed by atoms with van der Waals surface area (Å²) in [7, 11) is -2.49. The first-order valence-electron chi connectivity index (χ1n) is 3.87. The Labute approximate surface area is 73.2 Å². The third-order valence-electron chi connectivity index (χ3n) is 1.26. The number of hydrogen-bond acceptors (Lipinski definition) is 4. The van der Waals surface area contributed by atoms with Crippen molar-refractivity contribution in [3.63, 3.8) is 0 Å². The van der Waals surface area contributed by atoms with Crippen LogP contribution in [-0.2, 0) is 13.9 Å². The minimum atomic E-state index is -2.49. The van der Waals surface area contributed by atoms with Crippen molar-refractivity contribution in [2.45, 2.75) is 13.8 Å². The molecule has 0 aromatic rings. The van der Waals surface area contributed by atoms with Gasteiger partial charge in [-0.1, -0.05) is 13.8 Å². The van der Waals surface area contributed by atoms with Gasteiger partial charge in [-0.25, -0.2) is 0 Å². The lowest BCUT2D eigenvalue weighted by Crippen LogP contribution is -2.24. The van der Waals surface area contributed by atoms with E-state index >= 15 is 0 Å². The van der Waals surface area contributed by atoms with E-state index in [1.54, 1.807) is 5.06 Å². The molecule has 1 N–H and O–H groups in total. The van der Waals surface area contributed by atoms with Crippen LogP contribution >= 0.6 is 8.25 Å². The predicted octanol–water partition coefficient (Wildman–Crippen LogP) is 0.926. The normalized spacial score (nSPS) is 12.2. The molecular weight excluding hydrogens is 181 g/mol. The summed E-state index contributed by atoms with van der Waals surface area (Å²) < 4.78 is 14.4. The third-order valence-corrected chi connectivity index (χ3v) is 1.67. The van der Waals surface area contributed by atoms with Crippen molar-refractivity contribution in [2.24, 2.45) is 0 Å². The Kier molecular flexibility index (Phi) is 7.54. The van der Waals surface area contributed by atoms with E-state index in [9.17, 15) is 4.57 Å². The minimum absolute atomic E-state index is 0.141. The highest BCUT2D eigenvalue weighted by atomic mass is 31.1. The second-order valence-electron chi connectivity index (χ2n) is 2.02. The Morgan fingerprint density at radius 3 is 2.33 bits per heavy atom. The maximum atomic E-state index is 10.0. The maximum absolute atomic E-state index is 10.0. The first kappa shape index (κ1) is 11.9. The van der Waals surface area contributed by atoms with Crippen LogP contribution < -0.4 is 0 Å². The van der Waals surface area contributed by atoms with Crippen LogP contribution in [0.4, 0.5) is 0 Å². The fraction of sp³-hybridized carbons (Fsp3) is 1.00. The van der Waals surface area contributed by atoms with Gasteiger partial charge in [-0.2, -0.15) is 5.06 Å². The summed E-state index contributed by atoms with van der Waals surface area (Å²) in [6.07, 6.45) is 0. The zero-order valence-electron chi connectivity index (χ0n) is 7.39. The molecule has 0 aromatic heterocycles. The van der Waals surface area contributed by atoms with Crippen molar-refractivity contribution in [1.82, 2.24) is 5.06 Å². The molecule has 0 aliphatic carbocycles. The van der Waals surface area contributed by atoms with E-state index < -0.39 is 8.25 Å². The number of hydroxylamine groups is 2. The molecule has 6 heteroatoms. The summed E-state index contributed by atoms with van der Waals surface area (Å²) in [5.74, 6) is 0. The van der Waals surface area contributed by atoms with Gasteiger partial charge in [0.15, 0.2) is 0 Å². The molecule has 0 bridgehead atoms. The lowest BCUT2D eigenvalue weighted by atomic mass is 10.6. The molecule has 1 atom stereocenters. The Balaban J connectivity index is 3.23. The van der Waals surface area contributed by atoms with Gasteiger partial charge in [0, 0.05) is 17.7 Å². The quantitative estimate of drug-likeness (QED) is 0.373. The molecule has 0 rings (SSSR count). The fourth-order valence-corrected chi connectivity index (χ4v) is 0.919. The first-order chi connectivity index (χ1) is 5.70. The summed E-state index contributed by atoms with van der Waals surface area (Å²) in [5.41, 5.74) is 0. The van der Waals surface area contributed by atoms with Gasteiger partial charge in [0.1, 0.15) is 6.61 Å². The lowest BCUT2D eigenvalue weighted by molar-refractivity contribution is -0.158. The number of rotatable bonds is 7. The summed E-state index contributed by atoms with van der Waals surface area (Å²) >= 11 is 0. The molecule has 1 unspecified atom stereocenters. The third kappa shape index (κ3) is 6.64. The van der Waals surface area contributed by atoms with E-state index in [2.05, 4.69) is 4.52 Å². The Bertz CT molecular complexity index is 129. The molecule has 0 fully saturated rings. The van der Waals surface area contributed by atoms with Gasteiger partial charge >= 0.3 is 8.25 Å². The molecule has 0 spiro atoms. The zero-order valence-corrected chi connectivity index (χ0v) is 8.29. The molecule has 12 heavy (non-hydrogen) atoms. The van der Waals surface area contributed by atoms with Crippen LogP contribution in [0.5, 0.6) is 0 Å². The van der Waals surface area contributed by atoms with E-state index in [1.807, 2.05) is 13.8 Å². The van der Waals surface area contributed by atoms with Crippen LogP contribution in [0.2, 0.25) is 0 Å². The van der Waals surface area contributed by atoms with Crippen LogP contribution in [0.15, 0.2) is 0 Å². The van der Waals surface area contributed by atoms with Crippen molar-refractivity contribution in [3.05, 3.63) is 0 Å². The molecule has 0 saturated heterocycles. The maximum Gasteiger partial charge on any atom is 0.694 e. The van der Waals surface area contributed by atoms with Gasteiger partial charge in [-0.05, 0) is 0 Å². The highest BCUT2D eigenvalue weighted by Gasteiger charge is 2.11. The lowest BCUT2D eigenvalue weighted by Gasteiger charge is -2.16. The molecule has 0 saturated carbocycles. The van der Waals surface area contributed by atoms with E-state index in [4.69, 9.17) is 9.73 Å². The van der Waals surface area contributed by atoms with Crippen molar-refractivity contribution < 1.29 is 18.8 Å². The molecule has 5 nitrogen and oxygen atoms in total. The topological polar surface area (TPSA) is 59.0 Å². The van der Waals surface area contributed by atoms with Crippen molar-refractivity contribution in [1.29, 1.82) is 0 Å². The molecule has 0 heterocycles. The standard InChI is InChI=1S/C6H14NO4P/c1-3-7(4-2)10-5-6-11-12(8)9/h3-6H2,1-2H3/p+1. The average molecular weight is 196 g/mol. The Morgan fingerprint density at radius 2 is 1.92 bits per heavy atom. The highest BCUT2D eigenvalue weighted by Crippen LogP contribution is 2.13. The molecule has 0 aromatic carbocycles. The van der Waals surface area contributed by atoms with Gasteiger partial charge in [-0.15, -0.1) is 9.42 Å². The van der Waals surface area contributed by atoms with Crippen molar-refractivity contribution in [3.8, 4) is 0 Å². The second kappa shape index (κ2) is 7.58. The predicted molar refractivity (Wildman–Crippen MR) is 44.7 cm³/mol. The molecular formula is C6H15NO4P+. The molecule has 72 valence electrons. The Hall–Kier alpha value is -0.0600. The highest BCUT2D eigenvalue weighted by molar-refractivity contribution is 7.32. The minimum Gasteiger partial charge on any atom is -0.296 e. The molecule has 0 aliphatic rings. The Morgan fingerprint density at radius 1 is 1.33 bits per heavy atom. The smallest absolute Gasteiger partial charge is 0.296 e. The zero-order chi connectivity index (χ0) is 9.40. The van der Waals surface area contributed by atoms with Gasteiger partial charge in [0.2, 0.25) is 0 Å². The summed E-state index contributed by atoms with van der Waals surface area (Å²) in [6, 6.07) is 0. The van der Waals surface area contributed by atoms with Gasteiger partial charge in [0.25, 0.3) is 0 Å². The van der Waals surface area contributed by atoms with Crippen LogP contribution in [0.25, 0.3) is 0 Å². The van der Waals surface area contributed by atoms with E-state index in [0.717, 1.165) is 13.1 Å². The monoisotopic (exact) mass is 196 g/mol. The van der Waals surface area contributed by atoms with Crippen LogP contribution in [0, 0.1) is 0 Å². The summed E-state index contributed by atoms with van der Waals surface area (Å²) in [4.78, 5) is 13.4. The van der Waals surface area contributed by atoms with Gasteiger partial charge < -0.3 is 0 Å². The summed E-state index contributed by atoms with van der Waals surface area (Å²) in [6.45, 7) is 5.98. The van der Waals surface area contributed by atoms with Crippen LogP contribution in [-0.4, -0.2) is 36.3 Å². The van der Waals surface area contributed by atoms with Crippen LogP contribution in [0.1, 0.15) is 13.8 Å². The molecule has 0 radical (unpaired) electrons. The largest absolute Gasteiger partial charge is 0.694 e. The number of nitrogens with zero attached hydrogens (tertiary/aromatic N) is 1.